The van der Waals surface area contributed by atoms with Gasteiger partial charge >= 0.3 is 0 Å². The number of H-pyrrole nitrogens is 1. The van der Waals surface area contributed by atoms with Crippen molar-refractivity contribution in [1.29, 1.82) is 0 Å². The van der Waals surface area contributed by atoms with Crippen LogP contribution in [0.4, 0.5) is 0 Å². The number of benzene rings is 2. The molecule has 0 amide bonds. The maximum atomic E-state index is 5.71. The molecule has 0 radical (unpaired) electrons. The van der Waals surface area contributed by atoms with Gasteiger partial charge in [0.05, 0.1) is 46.5 Å². The molecule has 0 aliphatic carbocycles. The van der Waals surface area contributed by atoms with E-state index in [-0.39, 0.29) is 21.7 Å². The Morgan fingerprint density at radius 2 is 0.885 bits per heavy atom. The molecule has 0 atom stereocenters. The highest BCUT2D eigenvalue weighted by atomic mass is 32.1. The number of aromatic amines is 1. The van der Waals surface area contributed by atoms with Gasteiger partial charge in [0, 0.05) is 120 Å². The van der Waals surface area contributed by atoms with Crippen LogP contribution >= 0.6 is 45.3 Å². The fourth-order valence-corrected chi connectivity index (χ4v) is 15.7. The zero-order valence-corrected chi connectivity index (χ0v) is 88.1. The molecule has 0 aliphatic heterocycles. The highest BCUT2D eigenvalue weighted by molar-refractivity contribution is 7.17. The van der Waals surface area contributed by atoms with E-state index in [0.717, 1.165) is 28.8 Å². The van der Waals surface area contributed by atoms with Crippen molar-refractivity contribution in [2.75, 3.05) is 0 Å². The smallest absolute Gasteiger partial charge is 0.196 e. The molecule has 680 valence electrons. The predicted octanol–water partition coefficient (Wildman–Crippen LogP) is 36.2. The minimum atomic E-state index is 0.133. The monoisotopic (exact) mass is 1740 g/mol. The zero-order valence-electron chi connectivity index (χ0n) is 84.9. The van der Waals surface area contributed by atoms with Crippen LogP contribution in [0.3, 0.4) is 0 Å². The van der Waals surface area contributed by atoms with Gasteiger partial charge < -0.3 is 27.4 Å². The van der Waals surface area contributed by atoms with Gasteiger partial charge in [-0.1, -0.05) is 301 Å². The summed E-state index contributed by atoms with van der Waals surface area (Å²) in [5, 5.41) is 9.67. The summed E-state index contributed by atoms with van der Waals surface area (Å²) in [5.74, 6) is 11.9. The summed E-state index contributed by atoms with van der Waals surface area (Å²) in [7, 11) is 0. The fourth-order valence-electron chi connectivity index (χ4n) is 11.6. The molecule has 12 rings (SSSR count). The third kappa shape index (κ3) is 36.6. The number of nitrogens with zero attached hydrogens (tertiary/aromatic N) is 7. The first-order valence-corrected chi connectivity index (χ1v) is 49.0. The first-order chi connectivity index (χ1) is 56.3. The van der Waals surface area contributed by atoms with E-state index >= 15 is 0 Å². The van der Waals surface area contributed by atoms with Gasteiger partial charge in [0.2, 0.25) is 0 Å². The van der Waals surface area contributed by atoms with Gasteiger partial charge in [0.25, 0.3) is 0 Å². The molecule has 12 aromatic rings. The van der Waals surface area contributed by atoms with Crippen molar-refractivity contribution in [3.8, 4) is 0 Å². The van der Waals surface area contributed by atoms with Crippen molar-refractivity contribution in [2.24, 2.45) is 0 Å². The highest BCUT2D eigenvalue weighted by Gasteiger charge is 2.24. The molecule has 0 saturated heterocycles. The van der Waals surface area contributed by atoms with Crippen molar-refractivity contribution >= 4 is 66.4 Å². The first kappa shape index (κ1) is 109. The molecule has 0 aliphatic rings. The zero-order chi connectivity index (χ0) is 93.1. The number of oxazole rings is 1. The minimum absolute atomic E-state index is 0.133. The molecule has 2 aromatic carbocycles. The van der Waals surface area contributed by atoms with E-state index in [4.69, 9.17) is 13.3 Å². The Balaban J connectivity index is 0.000000352. The average molecular weight is 1740 g/mol. The molecule has 0 fully saturated rings. The van der Waals surface area contributed by atoms with Crippen molar-refractivity contribution in [3.05, 3.63) is 226 Å². The van der Waals surface area contributed by atoms with Gasteiger partial charge in [-0.15, -0.1) is 45.3 Å². The van der Waals surface area contributed by atoms with Gasteiger partial charge in [-0.05, 0) is 172 Å². The second-order valence-corrected chi connectivity index (χ2v) is 45.8. The van der Waals surface area contributed by atoms with Crippen LogP contribution < -0.4 is 0 Å². The number of fused-ring (bicyclic) bond motifs is 2. The Morgan fingerprint density at radius 1 is 0.361 bits per heavy atom. The summed E-state index contributed by atoms with van der Waals surface area (Å²) in [6, 6.07) is 23.5. The molecular formula is C107H170N8O3S4. The number of furan rings is 2. The fraction of sp³-hybridized carbons (Fsp3) is 0.598. The molecule has 0 unspecified atom stereocenters. The summed E-state index contributed by atoms with van der Waals surface area (Å²) in [6.45, 7) is 96.6. The third-order valence-electron chi connectivity index (χ3n) is 20.6. The summed E-state index contributed by atoms with van der Waals surface area (Å²) in [5.41, 5.74) is 13.7. The van der Waals surface area contributed by atoms with E-state index in [1.807, 2.05) is 71.5 Å². The highest BCUT2D eigenvalue weighted by Crippen LogP contribution is 2.39. The van der Waals surface area contributed by atoms with Gasteiger partial charge in [-0.25, -0.2) is 24.9 Å². The van der Waals surface area contributed by atoms with Crippen LogP contribution in [0.1, 0.15) is 498 Å². The number of thiazole rings is 2. The number of hydrogen-bond donors (Lipinski definition) is 1. The van der Waals surface area contributed by atoms with Crippen LogP contribution in [-0.2, 0) is 21.7 Å². The Morgan fingerprint density at radius 3 is 1.21 bits per heavy atom. The number of imidazole rings is 2. The van der Waals surface area contributed by atoms with Crippen LogP contribution in [0.2, 0.25) is 0 Å². The molecule has 0 saturated carbocycles. The second kappa shape index (κ2) is 49.8. The lowest BCUT2D eigenvalue weighted by Gasteiger charge is -2.20. The van der Waals surface area contributed by atoms with Crippen LogP contribution in [-0.4, -0.2) is 39.0 Å². The number of nitrogens with one attached hydrogen (secondary N) is 1. The normalized spacial score (nSPS) is 12.0. The number of rotatable bonds is 16. The lowest BCUT2D eigenvalue weighted by Crippen LogP contribution is -2.11. The number of aromatic nitrogens is 8. The summed E-state index contributed by atoms with van der Waals surface area (Å²) < 4.78 is 22.4. The molecule has 122 heavy (non-hydrogen) atoms. The van der Waals surface area contributed by atoms with E-state index in [1.54, 1.807) is 11.3 Å². The Labute approximate surface area is 760 Å². The van der Waals surface area contributed by atoms with Crippen LogP contribution in [0.25, 0.3) is 21.1 Å². The molecule has 15 heteroatoms. The third-order valence-corrected chi connectivity index (χ3v) is 26.0. The first-order valence-electron chi connectivity index (χ1n) is 45.6. The van der Waals surface area contributed by atoms with Gasteiger partial charge in [0.1, 0.15) is 22.9 Å². The standard InChI is InChI=1S/C16H22O.C16H22S.C10H17N.C10H16O.C10H16S.2C9H16N2.C9H15NO.2C9H15NS/c2*1-15(2,3)11-7-8-12-13(16(4,5)6)10-17-14(12)9-11;1-8(2)10-5-6-11(7-10)9(3)4;1-7(2)9-5-10(8(3)4)11-6-9;1-7(2)9-5-6-10(11-9)8(3)4;1-7(2)9-5-11(6-10-9)8(3)4;2*1-6(2)8-5-10-9(11-8)7(3)4;1-6(2)8-5-11-9(10-8)7(3)4;1-6(2)8-5-10-9(11-8)7(3)4/h2*7-10H,1-6H3;5-9H,1-4H3;3*5-8H,1-4H3;5-7H,1-4H3,(H,10,11);3*5-7H,1-4H3. The van der Waals surface area contributed by atoms with Gasteiger partial charge in [-0.2, -0.15) is 0 Å². The van der Waals surface area contributed by atoms with Crippen LogP contribution in [0, 0.1) is 0 Å². The topological polar surface area (TPSA) is 130 Å². The van der Waals surface area contributed by atoms with Crippen LogP contribution in [0.15, 0.2) is 141 Å². The Bertz CT molecular complexity index is 3950. The van der Waals surface area contributed by atoms with E-state index in [1.165, 1.54) is 90.6 Å². The van der Waals surface area contributed by atoms with Crippen molar-refractivity contribution in [2.45, 2.75) is 421 Å². The van der Waals surface area contributed by atoms with E-state index in [2.05, 4.69) is 434 Å². The summed E-state index contributed by atoms with van der Waals surface area (Å²) in [4.78, 5) is 29.3. The molecule has 11 nitrogen and oxygen atoms in total. The molecule has 1 N–H and O–H groups in total. The Kier molecular flexibility index (Phi) is 44.6. The summed E-state index contributed by atoms with van der Waals surface area (Å²) >= 11 is 7.43. The summed E-state index contributed by atoms with van der Waals surface area (Å²) in [6.07, 6.45) is 17.9. The lowest BCUT2D eigenvalue weighted by molar-refractivity contribution is 0.422. The quantitative estimate of drug-likeness (QED) is 0.101. The van der Waals surface area contributed by atoms with E-state index < -0.39 is 0 Å². The average Bonchev–Trinajstić information content (AvgIpc) is 1.63. The Hall–Kier alpha value is -6.91. The molecule has 0 bridgehead atoms. The maximum Gasteiger partial charge on any atom is 0.196 e. The van der Waals surface area contributed by atoms with E-state index in [9.17, 15) is 0 Å². The van der Waals surface area contributed by atoms with Gasteiger partial charge in [-0.3, -0.25) is 0 Å². The van der Waals surface area contributed by atoms with Crippen molar-refractivity contribution < 1.29 is 13.3 Å². The van der Waals surface area contributed by atoms with Gasteiger partial charge in [0.15, 0.2) is 5.89 Å². The number of thiophene rings is 2. The van der Waals surface area contributed by atoms with E-state index in [0.29, 0.717) is 94.9 Å². The lowest BCUT2D eigenvalue weighted by atomic mass is 9.84. The second-order valence-electron chi connectivity index (χ2n) is 41.8. The molecule has 10 heterocycles. The van der Waals surface area contributed by atoms with Crippen molar-refractivity contribution in [1.82, 2.24) is 39.0 Å². The van der Waals surface area contributed by atoms with Crippen molar-refractivity contribution in [3.63, 3.8) is 0 Å². The molecule has 0 spiro atoms. The minimum Gasteiger partial charge on any atom is -0.469 e. The molecular weight excluding hydrogens is 1570 g/mol. The number of hydrogen-bond acceptors (Lipinski definition) is 12. The molecule has 10 aromatic heterocycles. The van der Waals surface area contributed by atoms with Crippen LogP contribution in [0.5, 0.6) is 0 Å². The predicted molar refractivity (Wildman–Crippen MR) is 540 cm³/mol. The SMILES string of the molecule is CC(C)(C)c1ccc2c(C(C)(C)C)coc2c1.CC(C)(C)c1ccc2c(C(C)(C)C)csc2c1.CC(C)c1ccc(C(C)C)s1.CC(C)c1ccn(C(C)C)c1.CC(C)c1cn(C(C)C)cn1.CC(C)c1cnc(C(C)C)[nH]1.CC(C)c1cnc(C(C)C)o1.CC(C)c1cnc(C(C)C)s1.CC(C)c1coc(C(C)C)c1.CC(C)c1csc(C(C)C)n1. The largest absolute Gasteiger partial charge is 0.469 e. The maximum absolute atomic E-state index is 5.71.